The number of cyclic esters (lactones) is 1. The van der Waals surface area contributed by atoms with Crippen LogP contribution in [0.25, 0.3) is 0 Å². The Morgan fingerprint density at radius 3 is 2.88 bits per heavy atom. The van der Waals surface area contributed by atoms with Crippen LogP contribution in [-0.4, -0.2) is 63.0 Å². The van der Waals surface area contributed by atoms with E-state index in [2.05, 4.69) is 20.6 Å². The molecule has 0 saturated heterocycles. The minimum Gasteiger partial charge on any atom is -0.456 e. The molecule has 0 radical (unpaired) electrons. The van der Waals surface area contributed by atoms with Crippen LogP contribution in [0.15, 0.2) is 27.8 Å². The Bertz CT molecular complexity index is 927. The molecule has 0 saturated carbocycles. The Labute approximate surface area is 190 Å². The maximum absolute atomic E-state index is 13.1. The topological polar surface area (TPSA) is 143 Å². The van der Waals surface area contributed by atoms with Crippen molar-refractivity contribution < 1.29 is 28.6 Å². The number of nitrogens with one attached hydrogen (secondary N) is 2. The first kappa shape index (κ1) is 24.0. The van der Waals surface area contributed by atoms with E-state index in [1.54, 1.807) is 32.9 Å². The van der Waals surface area contributed by atoms with Crippen molar-refractivity contribution in [1.82, 2.24) is 15.6 Å². The fraction of sp³-hybridized carbons (Fsp3) is 0.571. The monoisotopic (exact) mass is 464 g/mol. The fourth-order valence-corrected chi connectivity index (χ4v) is 4.27. The third-order valence-electron chi connectivity index (χ3n) is 5.04. The molecule has 0 aromatic carbocycles. The van der Waals surface area contributed by atoms with Crippen LogP contribution in [0.1, 0.15) is 45.2 Å². The molecule has 3 N–H and O–H groups in total. The van der Waals surface area contributed by atoms with Crippen molar-refractivity contribution in [2.75, 3.05) is 12.4 Å². The summed E-state index contributed by atoms with van der Waals surface area (Å²) in [6, 6.07) is -0.910. The number of aliphatic hydroxyl groups excluding tert-OH is 1. The molecule has 2 amide bonds. The summed E-state index contributed by atoms with van der Waals surface area (Å²) in [5.74, 6) is -0.961. The average molecular weight is 465 g/mol. The molecule has 4 bridgehead atoms. The molecule has 0 unspecified atom stereocenters. The molecular weight excluding hydrogens is 436 g/mol. The summed E-state index contributed by atoms with van der Waals surface area (Å²) in [4.78, 5) is 47.3. The predicted molar refractivity (Wildman–Crippen MR) is 118 cm³/mol. The lowest BCUT2D eigenvalue weighted by molar-refractivity contribution is -0.153. The molecule has 3 heterocycles. The number of hydrogen-bond donors (Lipinski definition) is 3. The van der Waals surface area contributed by atoms with Gasteiger partial charge in [-0.05, 0) is 25.3 Å². The van der Waals surface area contributed by atoms with Gasteiger partial charge >= 0.3 is 5.97 Å². The number of rotatable bonds is 4. The molecule has 1 aromatic heterocycles. The molecule has 0 spiro atoms. The minimum absolute atomic E-state index is 0.0597. The zero-order valence-electron chi connectivity index (χ0n) is 18.3. The molecule has 10 nitrogen and oxygen atoms in total. The molecule has 0 fully saturated rings. The quantitative estimate of drug-likeness (QED) is 0.441. The summed E-state index contributed by atoms with van der Waals surface area (Å²) in [7, 11) is 0. The van der Waals surface area contributed by atoms with Crippen LogP contribution in [0.3, 0.4) is 0 Å². The van der Waals surface area contributed by atoms with Crippen LogP contribution in [0, 0.1) is 5.92 Å². The molecule has 174 valence electrons. The van der Waals surface area contributed by atoms with Gasteiger partial charge in [-0.1, -0.05) is 19.9 Å². The van der Waals surface area contributed by atoms with Crippen molar-refractivity contribution in [2.45, 2.75) is 57.8 Å². The van der Waals surface area contributed by atoms with E-state index in [0.29, 0.717) is 28.8 Å². The lowest BCUT2D eigenvalue weighted by atomic mass is 10.0. The molecule has 32 heavy (non-hydrogen) atoms. The second kappa shape index (κ2) is 10.3. The lowest BCUT2D eigenvalue weighted by Crippen LogP contribution is -2.53. The van der Waals surface area contributed by atoms with Crippen LogP contribution in [0.4, 0.5) is 0 Å². The van der Waals surface area contributed by atoms with E-state index in [9.17, 15) is 14.4 Å². The van der Waals surface area contributed by atoms with Gasteiger partial charge in [0.05, 0.1) is 13.0 Å². The number of thioether (sulfide) groups is 1. The number of amides is 2. The predicted octanol–water partition coefficient (Wildman–Crippen LogP) is 0.938. The zero-order valence-corrected chi connectivity index (χ0v) is 19.1. The summed E-state index contributed by atoms with van der Waals surface area (Å²) >= 11 is 1.38. The Balaban J connectivity index is 1.92. The number of hydrogen-bond acceptors (Lipinski definition) is 9. The van der Waals surface area contributed by atoms with E-state index < -0.39 is 29.6 Å². The molecule has 3 atom stereocenters. The lowest BCUT2D eigenvalue weighted by Gasteiger charge is -2.27. The van der Waals surface area contributed by atoms with Gasteiger partial charge in [-0.3, -0.25) is 14.6 Å². The molecule has 2 aliphatic rings. The number of ether oxygens (including phenoxy) is 1. The second-order valence-electron chi connectivity index (χ2n) is 8.20. The second-order valence-corrected chi connectivity index (χ2v) is 9.16. The number of fused-ring (bicyclic) bond motifs is 4. The highest BCUT2D eigenvalue weighted by Crippen LogP contribution is 2.31. The summed E-state index contributed by atoms with van der Waals surface area (Å²) in [6.07, 6.45) is 4.02. The number of aliphatic imine (C=N–C) groups is 1. The van der Waals surface area contributed by atoms with Crippen molar-refractivity contribution in [3.05, 3.63) is 30.0 Å². The molecule has 11 heteroatoms. The fourth-order valence-electron chi connectivity index (χ4n) is 3.15. The smallest absolute Gasteiger partial charge is 0.329 e. The highest BCUT2D eigenvalue weighted by atomic mass is 32.2. The zero-order chi connectivity index (χ0) is 23.3. The van der Waals surface area contributed by atoms with Gasteiger partial charge in [0, 0.05) is 12.4 Å². The third-order valence-corrected chi connectivity index (χ3v) is 6.32. The van der Waals surface area contributed by atoms with Crippen LogP contribution in [-0.2, 0) is 25.7 Å². The Morgan fingerprint density at radius 2 is 2.16 bits per heavy atom. The van der Waals surface area contributed by atoms with E-state index >= 15 is 0 Å². The third kappa shape index (κ3) is 5.77. The highest BCUT2D eigenvalue weighted by molar-refractivity contribution is 8.14. The number of aliphatic hydroxyl groups is 1. The summed E-state index contributed by atoms with van der Waals surface area (Å²) in [5.41, 5.74) is -0.578. The maximum atomic E-state index is 13.1. The maximum Gasteiger partial charge on any atom is 0.329 e. The Kier molecular flexibility index (Phi) is 7.73. The highest BCUT2D eigenvalue weighted by Gasteiger charge is 2.41. The van der Waals surface area contributed by atoms with E-state index in [-0.39, 0.29) is 31.4 Å². The van der Waals surface area contributed by atoms with Crippen LogP contribution < -0.4 is 10.6 Å². The van der Waals surface area contributed by atoms with E-state index in [0.717, 1.165) is 0 Å². The molecule has 2 aliphatic heterocycles. The van der Waals surface area contributed by atoms with Crippen LogP contribution in [0.5, 0.6) is 0 Å². The standard InChI is InChI=1S/C21H28N4O6S/c1-12(2)17-19(28)31-13(6-4-5-7-26)8-15(27)22-9-16-23-14(10-30-16)18-25-21(3,11-32-18)20(29)24-17/h4,6,10,12-13,17,26H,5,7-9,11H2,1-3H3,(H,22,27)(H,24,29)/b6-4+/t13-,17+,21+/m1/s1. The number of nitrogens with zero attached hydrogens (tertiary/aromatic N) is 2. The molecule has 3 rings (SSSR count). The molecular formula is C21H28N4O6S. The molecule has 1 aromatic rings. The number of esters is 1. The van der Waals surface area contributed by atoms with Gasteiger partial charge in [0.2, 0.25) is 17.7 Å². The number of aromatic nitrogens is 1. The first-order valence-electron chi connectivity index (χ1n) is 10.4. The number of carbonyl (C=O) groups is 3. The van der Waals surface area contributed by atoms with Gasteiger partial charge < -0.3 is 24.9 Å². The summed E-state index contributed by atoms with van der Waals surface area (Å²) < 4.78 is 11.0. The van der Waals surface area contributed by atoms with Crippen molar-refractivity contribution in [1.29, 1.82) is 0 Å². The normalized spacial score (nSPS) is 27.3. The van der Waals surface area contributed by atoms with Crippen LogP contribution in [0.2, 0.25) is 0 Å². The van der Waals surface area contributed by atoms with E-state index in [4.69, 9.17) is 14.3 Å². The van der Waals surface area contributed by atoms with Gasteiger partial charge in [-0.2, -0.15) is 0 Å². The van der Waals surface area contributed by atoms with Crippen LogP contribution >= 0.6 is 11.8 Å². The first-order chi connectivity index (χ1) is 15.2. The van der Waals surface area contributed by atoms with Gasteiger partial charge in [0.15, 0.2) is 0 Å². The Hall–Kier alpha value is -2.66. The molecule has 0 aliphatic carbocycles. The van der Waals surface area contributed by atoms with Crippen molar-refractivity contribution in [3.8, 4) is 0 Å². The first-order valence-corrected chi connectivity index (χ1v) is 11.4. The summed E-state index contributed by atoms with van der Waals surface area (Å²) in [6.45, 7) is 5.29. The van der Waals surface area contributed by atoms with Gasteiger partial charge in [0.25, 0.3) is 0 Å². The number of oxazole rings is 1. The summed E-state index contributed by atoms with van der Waals surface area (Å²) in [5, 5.41) is 15.0. The Morgan fingerprint density at radius 1 is 1.38 bits per heavy atom. The minimum atomic E-state index is -1.07. The van der Waals surface area contributed by atoms with Crippen molar-refractivity contribution in [3.63, 3.8) is 0 Å². The van der Waals surface area contributed by atoms with E-state index in [1.165, 1.54) is 18.0 Å². The van der Waals surface area contributed by atoms with Crippen molar-refractivity contribution >= 4 is 34.6 Å². The van der Waals surface area contributed by atoms with Gasteiger partial charge in [0.1, 0.15) is 34.7 Å². The van der Waals surface area contributed by atoms with Gasteiger partial charge in [-0.25, -0.2) is 9.78 Å². The SMILES string of the molecule is CC(C)[C@@H]1NC(=O)[C@]2(C)CSC(=N2)c2coc(n2)CNC(=O)C[C@@H](/C=C/CCO)OC1=O. The van der Waals surface area contributed by atoms with Gasteiger partial charge in [-0.15, -0.1) is 11.8 Å². The van der Waals surface area contributed by atoms with Crippen molar-refractivity contribution in [2.24, 2.45) is 10.9 Å². The van der Waals surface area contributed by atoms with E-state index in [1.807, 2.05) is 0 Å². The average Bonchev–Trinajstić information content (AvgIpc) is 3.37. The largest absolute Gasteiger partial charge is 0.456 e. The number of carbonyl (C=O) groups excluding carboxylic acids is 3.